The number of ether oxygens (including phenoxy) is 1. The summed E-state index contributed by atoms with van der Waals surface area (Å²) >= 11 is 0. The van der Waals surface area contributed by atoms with E-state index in [0.717, 1.165) is 25.9 Å². The van der Waals surface area contributed by atoms with Crippen molar-refractivity contribution in [1.82, 2.24) is 10.3 Å². The molecule has 3 rings (SSSR count). The van der Waals surface area contributed by atoms with E-state index in [2.05, 4.69) is 25.7 Å². The molecule has 0 unspecified atom stereocenters. The highest BCUT2D eigenvalue weighted by molar-refractivity contribution is 5.72. The number of nitrogens with zero attached hydrogens (tertiary/aromatic N) is 2. The average molecular weight is 425 g/mol. The Kier molecular flexibility index (Phi) is 6.93. The van der Waals surface area contributed by atoms with Gasteiger partial charge in [-0.3, -0.25) is 10.1 Å². The summed E-state index contributed by atoms with van der Waals surface area (Å²) in [4.78, 5) is 15.1. The van der Waals surface area contributed by atoms with Gasteiger partial charge in [0.15, 0.2) is 0 Å². The number of nitrogens with one attached hydrogen (secondary N) is 3. The summed E-state index contributed by atoms with van der Waals surface area (Å²) in [5.74, 6) is -0.000661. The number of alkyl halides is 3. The minimum Gasteiger partial charge on any atom is -0.405 e. The monoisotopic (exact) mass is 425 g/mol. The van der Waals surface area contributed by atoms with Crippen LogP contribution >= 0.6 is 0 Å². The molecule has 8 nitrogen and oxygen atoms in total. The van der Waals surface area contributed by atoms with E-state index < -0.39 is 11.3 Å². The van der Waals surface area contributed by atoms with E-state index in [9.17, 15) is 23.3 Å². The van der Waals surface area contributed by atoms with Crippen molar-refractivity contribution in [2.75, 3.05) is 30.3 Å². The van der Waals surface area contributed by atoms with Gasteiger partial charge in [0.2, 0.25) is 5.82 Å². The molecule has 30 heavy (non-hydrogen) atoms. The number of aromatic nitrogens is 1. The number of para-hydroxylation sites is 1. The zero-order valence-corrected chi connectivity index (χ0v) is 16.0. The Labute approximate surface area is 171 Å². The molecule has 3 N–H and O–H groups in total. The van der Waals surface area contributed by atoms with Gasteiger partial charge in [-0.15, -0.1) is 13.2 Å². The Morgan fingerprint density at radius 2 is 1.93 bits per heavy atom. The molecule has 1 aliphatic rings. The first kappa shape index (κ1) is 21.6. The largest absolute Gasteiger partial charge is 0.573 e. The fourth-order valence-electron chi connectivity index (χ4n) is 3.30. The van der Waals surface area contributed by atoms with Gasteiger partial charge in [-0.1, -0.05) is 18.2 Å². The summed E-state index contributed by atoms with van der Waals surface area (Å²) in [5, 5.41) is 20.8. The van der Waals surface area contributed by atoms with E-state index >= 15 is 0 Å². The average Bonchev–Trinajstić information content (AvgIpc) is 2.71. The van der Waals surface area contributed by atoms with E-state index in [1.54, 1.807) is 6.07 Å². The van der Waals surface area contributed by atoms with Gasteiger partial charge in [-0.25, -0.2) is 4.98 Å². The third-order valence-electron chi connectivity index (χ3n) is 4.79. The quantitative estimate of drug-likeness (QED) is 0.435. The number of benzene rings is 1. The summed E-state index contributed by atoms with van der Waals surface area (Å²) in [6.07, 6.45) is -1.46. The first-order valence-electron chi connectivity index (χ1n) is 9.49. The lowest BCUT2D eigenvalue weighted by Gasteiger charge is -2.23. The van der Waals surface area contributed by atoms with Crippen molar-refractivity contribution < 1.29 is 22.8 Å². The summed E-state index contributed by atoms with van der Waals surface area (Å²) in [6.45, 7) is 2.29. The minimum absolute atomic E-state index is 0.0304. The number of pyridine rings is 1. The third-order valence-corrected chi connectivity index (χ3v) is 4.79. The smallest absolute Gasteiger partial charge is 0.405 e. The van der Waals surface area contributed by atoms with Crippen LogP contribution in [0.5, 0.6) is 5.75 Å². The van der Waals surface area contributed by atoms with Gasteiger partial charge >= 0.3 is 12.0 Å². The molecule has 1 saturated heterocycles. The molecule has 0 aliphatic carbocycles. The van der Waals surface area contributed by atoms with Gasteiger partial charge < -0.3 is 20.7 Å². The van der Waals surface area contributed by atoms with Gasteiger partial charge in [0.25, 0.3) is 0 Å². The molecule has 0 saturated carbocycles. The number of nitro groups is 1. The second-order valence-corrected chi connectivity index (χ2v) is 6.90. The number of hydrogen-bond donors (Lipinski definition) is 3. The molecule has 2 aromatic rings. The maximum Gasteiger partial charge on any atom is 0.573 e. The molecule has 162 valence electrons. The third kappa shape index (κ3) is 5.96. The van der Waals surface area contributed by atoms with E-state index in [4.69, 9.17) is 0 Å². The number of hydrogen-bond acceptors (Lipinski definition) is 7. The van der Waals surface area contributed by atoms with Gasteiger partial charge in [0, 0.05) is 24.8 Å². The SMILES string of the molecule is O=[N+]([O-])c1c(NCC2CCNCC2)ccnc1NCc1ccccc1OC(F)(F)F. The lowest BCUT2D eigenvalue weighted by Crippen LogP contribution is -2.31. The molecule has 1 aliphatic heterocycles. The van der Waals surface area contributed by atoms with E-state index in [1.165, 1.54) is 30.5 Å². The zero-order chi connectivity index (χ0) is 21.6. The van der Waals surface area contributed by atoms with E-state index in [0.29, 0.717) is 18.2 Å². The second kappa shape index (κ2) is 9.61. The van der Waals surface area contributed by atoms with Crippen LogP contribution in [-0.2, 0) is 6.54 Å². The van der Waals surface area contributed by atoms with Crippen molar-refractivity contribution in [3.05, 3.63) is 52.2 Å². The van der Waals surface area contributed by atoms with E-state index in [-0.39, 0.29) is 29.4 Å². The Hall–Kier alpha value is -3.08. The second-order valence-electron chi connectivity index (χ2n) is 6.90. The predicted molar refractivity (Wildman–Crippen MR) is 105 cm³/mol. The Morgan fingerprint density at radius 3 is 2.63 bits per heavy atom. The minimum atomic E-state index is -4.83. The lowest BCUT2D eigenvalue weighted by molar-refractivity contribution is -0.383. The fourth-order valence-corrected chi connectivity index (χ4v) is 3.30. The van der Waals surface area contributed by atoms with Gasteiger partial charge in [-0.2, -0.15) is 0 Å². The Balaban J connectivity index is 1.74. The normalized spacial score (nSPS) is 14.9. The summed E-state index contributed by atoms with van der Waals surface area (Å²) < 4.78 is 41.8. The molecule has 0 amide bonds. The van der Waals surface area contributed by atoms with Crippen molar-refractivity contribution in [3.63, 3.8) is 0 Å². The molecule has 1 aromatic heterocycles. The van der Waals surface area contributed by atoms with E-state index in [1.807, 2.05) is 0 Å². The van der Waals surface area contributed by atoms with Gasteiger partial charge in [0.05, 0.1) is 4.92 Å². The Morgan fingerprint density at radius 1 is 1.20 bits per heavy atom. The van der Waals surface area contributed by atoms with Crippen LogP contribution in [0.3, 0.4) is 0 Å². The first-order chi connectivity index (χ1) is 14.3. The van der Waals surface area contributed by atoms with Crippen LogP contribution in [0.15, 0.2) is 36.5 Å². The molecular formula is C19H22F3N5O3. The van der Waals surface area contributed by atoms with Crippen molar-refractivity contribution in [1.29, 1.82) is 0 Å². The molecule has 1 aromatic carbocycles. The predicted octanol–water partition coefficient (Wildman–Crippen LogP) is 3.91. The molecule has 1 fully saturated rings. The maximum atomic E-state index is 12.6. The number of rotatable bonds is 8. The van der Waals surface area contributed by atoms with Crippen molar-refractivity contribution in [3.8, 4) is 5.75 Å². The Bertz CT molecular complexity index is 873. The highest BCUT2D eigenvalue weighted by atomic mass is 19.4. The van der Waals surface area contributed by atoms with Crippen LogP contribution in [0.2, 0.25) is 0 Å². The van der Waals surface area contributed by atoms with Crippen LogP contribution in [0.4, 0.5) is 30.4 Å². The summed E-state index contributed by atoms with van der Waals surface area (Å²) in [6, 6.07) is 7.11. The first-order valence-corrected chi connectivity index (χ1v) is 9.49. The van der Waals surface area contributed by atoms with Crippen molar-refractivity contribution in [2.24, 2.45) is 5.92 Å². The van der Waals surface area contributed by atoms with Crippen molar-refractivity contribution in [2.45, 2.75) is 25.7 Å². The number of anilines is 2. The van der Waals surface area contributed by atoms with Gasteiger partial charge in [0.1, 0.15) is 11.4 Å². The molecular weight excluding hydrogens is 403 g/mol. The number of halogens is 3. The van der Waals surface area contributed by atoms with Crippen LogP contribution in [0.25, 0.3) is 0 Å². The molecule has 0 spiro atoms. The standard InChI is InChI=1S/C19H22F3N5O3/c20-19(21,22)30-16-4-2-1-3-14(16)12-26-18-17(27(28)29)15(7-10-24-18)25-11-13-5-8-23-9-6-13/h1-4,7,10,13,23H,5-6,8-9,11-12H2,(H2,24,25,26). The topological polar surface area (TPSA) is 101 Å². The molecule has 0 bridgehead atoms. The zero-order valence-electron chi connectivity index (χ0n) is 16.0. The maximum absolute atomic E-state index is 12.6. The summed E-state index contributed by atoms with van der Waals surface area (Å²) in [5.41, 5.74) is 0.260. The highest BCUT2D eigenvalue weighted by Crippen LogP contribution is 2.33. The van der Waals surface area contributed by atoms with Gasteiger partial charge in [-0.05, 0) is 44.0 Å². The molecule has 0 radical (unpaired) electrons. The fraction of sp³-hybridized carbons (Fsp3) is 0.421. The molecule has 2 heterocycles. The highest BCUT2D eigenvalue weighted by Gasteiger charge is 2.32. The molecule has 0 atom stereocenters. The van der Waals surface area contributed by atoms with Crippen LogP contribution in [0.1, 0.15) is 18.4 Å². The number of piperidine rings is 1. The molecule has 11 heteroatoms. The summed E-state index contributed by atoms with van der Waals surface area (Å²) in [7, 11) is 0. The van der Waals surface area contributed by atoms with Crippen LogP contribution in [0, 0.1) is 16.0 Å². The van der Waals surface area contributed by atoms with Crippen LogP contribution < -0.4 is 20.7 Å². The van der Waals surface area contributed by atoms with Crippen LogP contribution in [-0.4, -0.2) is 35.9 Å². The lowest BCUT2D eigenvalue weighted by atomic mass is 9.98. The van der Waals surface area contributed by atoms with Crippen molar-refractivity contribution >= 4 is 17.2 Å².